The lowest BCUT2D eigenvalue weighted by atomic mass is 10.1. The SMILES string of the molecule is C[C@@H]1CCSCCN1C(=O)c1cccc(NC(=O)[C@H]2Cc3ccccc3O2)c1. The van der Waals surface area contributed by atoms with Gasteiger partial charge in [-0.1, -0.05) is 24.3 Å². The molecule has 0 aliphatic carbocycles. The van der Waals surface area contributed by atoms with E-state index in [2.05, 4.69) is 12.2 Å². The summed E-state index contributed by atoms with van der Waals surface area (Å²) in [5.74, 6) is 2.65. The zero-order valence-electron chi connectivity index (χ0n) is 15.9. The van der Waals surface area contributed by atoms with Gasteiger partial charge in [-0.3, -0.25) is 9.59 Å². The van der Waals surface area contributed by atoms with Crippen LogP contribution >= 0.6 is 11.8 Å². The molecule has 0 spiro atoms. The fraction of sp³-hybridized carbons (Fsp3) is 0.364. The Bertz CT molecular complexity index is 861. The lowest BCUT2D eigenvalue weighted by Crippen LogP contribution is -2.39. The molecule has 0 radical (unpaired) electrons. The highest BCUT2D eigenvalue weighted by Gasteiger charge is 2.29. The van der Waals surface area contributed by atoms with Gasteiger partial charge in [-0.2, -0.15) is 11.8 Å². The lowest BCUT2D eigenvalue weighted by molar-refractivity contribution is -0.122. The predicted octanol–water partition coefficient (Wildman–Crippen LogP) is 3.60. The van der Waals surface area contributed by atoms with Crippen molar-refractivity contribution in [1.82, 2.24) is 4.90 Å². The van der Waals surface area contributed by atoms with Crippen molar-refractivity contribution in [3.05, 3.63) is 59.7 Å². The Kier molecular flexibility index (Phi) is 5.57. The largest absolute Gasteiger partial charge is 0.480 e. The number of para-hydroxylation sites is 1. The fourth-order valence-electron chi connectivity index (χ4n) is 3.64. The number of hydrogen-bond donors (Lipinski definition) is 1. The number of carbonyl (C=O) groups is 2. The van der Waals surface area contributed by atoms with E-state index < -0.39 is 6.10 Å². The molecule has 2 aromatic carbocycles. The van der Waals surface area contributed by atoms with Gasteiger partial charge in [0.2, 0.25) is 0 Å². The zero-order chi connectivity index (χ0) is 19.5. The number of benzene rings is 2. The second kappa shape index (κ2) is 8.27. The van der Waals surface area contributed by atoms with Crippen molar-refractivity contribution >= 4 is 29.3 Å². The highest BCUT2D eigenvalue weighted by atomic mass is 32.2. The van der Waals surface area contributed by atoms with Gasteiger partial charge in [0.15, 0.2) is 6.10 Å². The van der Waals surface area contributed by atoms with Crippen molar-refractivity contribution < 1.29 is 14.3 Å². The Morgan fingerprint density at radius 1 is 1.14 bits per heavy atom. The molecule has 0 saturated carbocycles. The van der Waals surface area contributed by atoms with Crippen molar-refractivity contribution in [2.75, 3.05) is 23.4 Å². The van der Waals surface area contributed by atoms with Crippen LogP contribution in [0.2, 0.25) is 0 Å². The zero-order valence-corrected chi connectivity index (χ0v) is 16.7. The average Bonchev–Trinajstić information content (AvgIpc) is 3.03. The summed E-state index contributed by atoms with van der Waals surface area (Å²) in [6, 6.07) is 15.1. The summed E-state index contributed by atoms with van der Waals surface area (Å²) in [6.45, 7) is 2.86. The maximum absolute atomic E-state index is 13.0. The Morgan fingerprint density at radius 2 is 2.00 bits per heavy atom. The first-order chi connectivity index (χ1) is 13.6. The van der Waals surface area contributed by atoms with Gasteiger partial charge in [0, 0.05) is 36.0 Å². The van der Waals surface area contributed by atoms with Crippen LogP contribution < -0.4 is 10.1 Å². The third-order valence-electron chi connectivity index (χ3n) is 5.27. The molecule has 1 N–H and O–H groups in total. The number of carbonyl (C=O) groups excluding carboxylic acids is 2. The molecule has 0 bridgehead atoms. The summed E-state index contributed by atoms with van der Waals surface area (Å²) in [7, 11) is 0. The van der Waals surface area contributed by atoms with Gasteiger partial charge in [0.25, 0.3) is 11.8 Å². The minimum absolute atomic E-state index is 0.0237. The molecule has 2 aliphatic heterocycles. The Labute approximate surface area is 169 Å². The normalized spacial score (nSPS) is 21.4. The summed E-state index contributed by atoms with van der Waals surface area (Å²) >= 11 is 1.89. The highest BCUT2D eigenvalue weighted by Crippen LogP contribution is 2.29. The van der Waals surface area contributed by atoms with Gasteiger partial charge in [-0.05, 0) is 48.9 Å². The van der Waals surface area contributed by atoms with Crippen LogP contribution in [0.15, 0.2) is 48.5 Å². The number of fused-ring (bicyclic) bond motifs is 1. The molecule has 2 heterocycles. The second-order valence-corrected chi connectivity index (χ2v) is 8.46. The van der Waals surface area contributed by atoms with Crippen molar-refractivity contribution in [3.63, 3.8) is 0 Å². The third kappa shape index (κ3) is 4.02. The molecule has 0 unspecified atom stereocenters. The number of nitrogens with zero attached hydrogens (tertiary/aromatic N) is 1. The fourth-order valence-corrected chi connectivity index (χ4v) is 4.68. The monoisotopic (exact) mass is 396 g/mol. The minimum Gasteiger partial charge on any atom is -0.480 e. The topological polar surface area (TPSA) is 58.6 Å². The van der Waals surface area contributed by atoms with Gasteiger partial charge in [0.1, 0.15) is 5.75 Å². The number of rotatable bonds is 3. The van der Waals surface area contributed by atoms with Crippen molar-refractivity contribution in [2.45, 2.75) is 31.9 Å². The summed E-state index contributed by atoms with van der Waals surface area (Å²) in [4.78, 5) is 27.6. The number of ether oxygens (including phenoxy) is 1. The summed E-state index contributed by atoms with van der Waals surface area (Å²) < 4.78 is 5.75. The first-order valence-corrected chi connectivity index (χ1v) is 10.8. The molecule has 1 saturated heterocycles. The molecule has 5 nitrogen and oxygen atoms in total. The molecule has 28 heavy (non-hydrogen) atoms. The van der Waals surface area contributed by atoms with Crippen molar-refractivity contribution in [2.24, 2.45) is 0 Å². The van der Waals surface area contributed by atoms with Crippen LogP contribution in [0, 0.1) is 0 Å². The molecule has 1 fully saturated rings. The van der Waals surface area contributed by atoms with Gasteiger partial charge < -0.3 is 15.0 Å². The molecule has 2 aliphatic rings. The van der Waals surface area contributed by atoms with Crippen molar-refractivity contribution in [1.29, 1.82) is 0 Å². The first-order valence-electron chi connectivity index (χ1n) is 9.66. The number of anilines is 1. The lowest BCUT2D eigenvalue weighted by Gasteiger charge is -2.27. The van der Waals surface area contributed by atoms with E-state index in [0.29, 0.717) is 17.7 Å². The van der Waals surface area contributed by atoms with E-state index in [0.717, 1.165) is 35.8 Å². The van der Waals surface area contributed by atoms with Crippen LogP contribution in [0.3, 0.4) is 0 Å². The standard InChI is InChI=1S/C22H24N2O3S/c1-15-9-11-28-12-10-24(15)22(26)17-6-4-7-18(13-17)23-21(25)20-14-16-5-2-3-8-19(16)27-20/h2-8,13,15,20H,9-12,14H2,1H3,(H,23,25)/t15-,20-/m1/s1. The minimum atomic E-state index is -0.542. The Balaban J connectivity index is 1.44. The Hall–Kier alpha value is -2.47. The molecular formula is C22H24N2O3S. The Morgan fingerprint density at radius 3 is 2.86 bits per heavy atom. The second-order valence-electron chi connectivity index (χ2n) is 7.24. The van der Waals surface area contributed by atoms with Gasteiger partial charge in [0.05, 0.1) is 0 Å². The van der Waals surface area contributed by atoms with Crippen molar-refractivity contribution in [3.8, 4) is 5.75 Å². The molecule has 2 aromatic rings. The number of amides is 2. The van der Waals surface area contributed by atoms with Crippen LogP contribution in [0.25, 0.3) is 0 Å². The molecule has 146 valence electrons. The van der Waals surface area contributed by atoms with E-state index in [9.17, 15) is 9.59 Å². The highest BCUT2D eigenvalue weighted by molar-refractivity contribution is 7.99. The predicted molar refractivity (Wildman–Crippen MR) is 112 cm³/mol. The van der Waals surface area contributed by atoms with Gasteiger partial charge >= 0.3 is 0 Å². The van der Waals surface area contributed by atoms with E-state index >= 15 is 0 Å². The van der Waals surface area contributed by atoms with E-state index in [1.54, 1.807) is 12.1 Å². The number of hydrogen-bond acceptors (Lipinski definition) is 4. The van der Waals surface area contributed by atoms with E-state index in [4.69, 9.17) is 4.74 Å². The third-order valence-corrected chi connectivity index (χ3v) is 6.26. The maximum atomic E-state index is 13.0. The van der Waals surface area contributed by atoms with E-state index in [1.165, 1.54) is 0 Å². The number of nitrogens with one attached hydrogen (secondary N) is 1. The quantitative estimate of drug-likeness (QED) is 0.861. The van der Waals surface area contributed by atoms with Crippen LogP contribution in [0.1, 0.15) is 29.3 Å². The smallest absolute Gasteiger partial charge is 0.265 e. The van der Waals surface area contributed by atoms with E-state index in [-0.39, 0.29) is 17.9 Å². The molecule has 2 amide bonds. The van der Waals surface area contributed by atoms with Crippen LogP contribution in [-0.4, -0.2) is 46.9 Å². The van der Waals surface area contributed by atoms with Crippen LogP contribution in [0.4, 0.5) is 5.69 Å². The van der Waals surface area contributed by atoms with Gasteiger partial charge in [-0.25, -0.2) is 0 Å². The van der Waals surface area contributed by atoms with Gasteiger partial charge in [-0.15, -0.1) is 0 Å². The first kappa shape index (κ1) is 18.9. The molecule has 2 atom stereocenters. The molecule has 6 heteroatoms. The van der Waals surface area contributed by atoms with E-state index in [1.807, 2.05) is 53.1 Å². The average molecular weight is 397 g/mol. The van der Waals surface area contributed by atoms with Crippen LogP contribution in [-0.2, 0) is 11.2 Å². The summed E-state index contributed by atoms with van der Waals surface area (Å²) in [5, 5.41) is 2.90. The summed E-state index contributed by atoms with van der Waals surface area (Å²) in [5.41, 5.74) is 2.26. The maximum Gasteiger partial charge on any atom is 0.265 e. The van der Waals surface area contributed by atoms with Crippen LogP contribution in [0.5, 0.6) is 5.75 Å². The summed E-state index contributed by atoms with van der Waals surface area (Å²) in [6.07, 6.45) is 1.02. The molecule has 4 rings (SSSR count). The molecular weight excluding hydrogens is 372 g/mol. The molecule has 0 aromatic heterocycles. The number of thioether (sulfide) groups is 1.